The number of benzene rings is 1. The lowest BCUT2D eigenvalue weighted by Crippen LogP contribution is -2.27. The van der Waals surface area contributed by atoms with E-state index >= 15 is 0 Å². The quantitative estimate of drug-likeness (QED) is 0.834. The third-order valence-corrected chi connectivity index (χ3v) is 2.80. The summed E-state index contributed by atoms with van der Waals surface area (Å²) in [5.41, 5.74) is 0.875. The third kappa shape index (κ3) is 2.85. The molecule has 0 saturated heterocycles. The van der Waals surface area contributed by atoms with Crippen LogP contribution in [0, 0.1) is 0 Å². The molecule has 0 aliphatic heterocycles. The van der Waals surface area contributed by atoms with E-state index in [1.165, 1.54) is 0 Å². The molecule has 8 heteroatoms. The lowest BCUT2D eigenvalue weighted by Gasteiger charge is -2.15. The molecule has 20 heavy (non-hydrogen) atoms. The van der Waals surface area contributed by atoms with Gasteiger partial charge in [0.2, 0.25) is 0 Å². The fraction of sp³-hybridized carbons (Fsp3) is 0.333. The van der Waals surface area contributed by atoms with Gasteiger partial charge in [0.1, 0.15) is 0 Å². The van der Waals surface area contributed by atoms with E-state index in [0.717, 1.165) is 5.56 Å². The number of rotatable bonds is 5. The van der Waals surface area contributed by atoms with Gasteiger partial charge in [0, 0.05) is 0 Å². The Hall–Kier alpha value is -2.64. The molecule has 2 aromatic rings. The standard InChI is InChI=1S/C12H15N5O3/c1-7(13-12(18)11-14-16-17-15-11)8-4-5-9(19-2)10(6-8)20-3/h4-7H,1-3H3,(H,13,18)(H,14,15,16,17). The van der Waals surface area contributed by atoms with Crippen LogP contribution < -0.4 is 14.8 Å². The van der Waals surface area contributed by atoms with Crippen molar-refractivity contribution in [3.8, 4) is 11.5 Å². The van der Waals surface area contributed by atoms with E-state index in [9.17, 15) is 4.79 Å². The van der Waals surface area contributed by atoms with E-state index in [2.05, 4.69) is 25.9 Å². The number of aromatic nitrogens is 4. The fourth-order valence-electron chi connectivity index (χ4n) is 1.72. The summed E-state index contributed by atoms with van der Waals surface area (Å²) < 4.78 is 10.4. The smallest absolute Gasteiger partial charge is 0.293 e. The number of nitrogens with one attached hydrogen (secondary N) is 2. The van der Waals surface area contributed by atoms with Crippen molar-refractivity contribution in [1.82, 2.24) is 25.9 Å². The highest BCUT2D eigenvalue weighted by atomic mass is 16.5. The molecule has 0 bridgehead atoms. The molecule has 106 valence electrons. The van der Waals surface area contributed by atoms with Gasteiger partial charge in [0.15, 0.2) is 11.5 Å². The molecule has 2 N–H and O–H groups in total. The van der Waals surface area contributed by atoms with Gasteiger partial charge in [-0.15, -0.1) is 10.2 Å². The van der Waals surface area contributed by atoms with E-state index < -0.39 is 5.91 Å². The second-order valence-corrected chi connectivity index (χ2v) is 4.04. The number of hydrogen-bond acceptors (Lipinski definition) is 6. The van der Waals surface area contributed by atoms with Crippen LogP contribution in [0.5, 0.6) is 11.5 Å². The van der Waals surface area contributed by atoms with Crippen molar-refractivity contribution in [3.63, 3.8) is 0 Å². The first-order valence-electron chi connectivity index (χ1n) is 5.92. The highest BCUT2D eigenvalue weighted by Gasteiger charge is 2.16. The molecular weight excluding hydrogens is 262 g/mol. The minimum Gasteiger partial charge on any atom is -0.493 e. The largest absolute Gasteiger partial charge is 0.493 e. The number of aromatic amines is 1. The molecule has 0 aliphatic rings. The van der Waals surface area contributed by atoms with E-state index in [-0.39, 0.29) is 11.9 Å². The second kappa shape index (κ2) is 6.00. The van der Waals surface area contributed by atoms with Crippen LogP contribution in [0.3, 0.4) is 0 Å². The number of nitrogens with zero attached hydrogens (tertiary/aromatic N) is 3. The summed E-state index contributed by atoms with van der Waals surface area (Å²) in [6, 6.07) is 5.20. The molecular formula is C12H15N5O3. The predicted molar refractivity (Wildman–Crippen MR) is 69.6 cm³/mol. The zero-order chi connectivity index (χ0) is 14.5. The highest BCUT2D eigenvalue weighted by molar-refractivity contribution is 5.90. The lowest BCUT2D eigenvalue weighted by atomic mass is 10.1. The Bertz CT molecular complexity index is 585. The Morgan fingerprint density at radius 1 is 1.30 bits per heavy atom. The molecule has 0 aliphatic carbocycles. The van der Waals surface area contributed by atoms with E-state index in [0.29, 0.717) is 11.5 Å². The SMILES string of the molecule is COc1ccc(C(C)NC(=O)c2nn[nH]n2)cc1OC. The average Bonchev–Trinajstić information content (AvgIpc) is 3.00. The zero-order valence-corrected chi connectivity index (χ0v) is 11.4. The number of tetrazole rings is 1. The van der Waals surface area contributed by atoms with Crippen LogP contribution in [-0.4, -0.2) is 40.8 Å². The Kier molecular flexibility index (Phi) is 4.14. The normalized spacial score (nSPS) is 11.8. The highest BCUT2D eigenvalue weighted by Crippen LogP contribution is 2.29. The predicted octanol–water partition coefficient (Wildman–Crippen LogP) is 0.708. The van der Waals surface area contributed by atoms with Gasteiger partial charge in [-0.1, -0.05) is 6.07 Å². The van der Waals surface area contributed by atoms with Crippen molar-refractivity contribution in [3.05, 3.63) is 29.6 Å². The number of carbonyl (C=O) groups is 1. The van der Waals surface area contributed by atoms with Crippen molar-refractivity contribution in [1.29, 1.82) is 0 Å². The van der Waals surface area contributed by atoms with E-state index in [1.54, 1.807) is 26.4 Å². The zero-order valence-electron chi connectivity index (χ0n) is 11.4. The Morgan fingerprint density at radius 2 is 2.05 bits per heavy atom. The van der Waals surface area contributed by atoms with Crippen LogP contribution in [-0.2, 0) is 0 Å². The molecule has 1 atom stereocenters. The lowest BCUT2D eigenvalue weighted by molar-refractivity contribution is 0.0929. The van der Waals surface area contributed by atoms with Crippen molar-refractivity contribution in [2.45, 2.75) is 13.0 Å². The number of amides is 1. The number of ether oxygens (including phenoxy) is 2. The van der Waals surface area contributed by atoms with Gasteiger partial charge in [-0.25, -0.2) is 0 Å². The molecule has 1 amide bonds. The Balaban J connectivity index is 2.13. The summed E-state index contributed by atoms with van der Waals surface area (Å²) in [4.78, 5) is 11.8. The van der Waals surface area contributed by atoms with Gasteiger partial charge in [-0.2, -0.15) is 5.21 Å². The van der Waals surface area contributed by atoms with Crippen LogP contribution >= 0.6 is 0 Å². The van der Waals surface area contributed by atoms with Crippen molar-refractivity contribution >= 4 is 5.91 Å². The topological polar surface area (TPSA) is 102 Å². The van der Waals surface area contributed by atoms with Gasteiger partial charge < -0.3 is 14.8 Å². The maximum atomic E-state index is 11.8. The minimum absolute atomic E-state index is 0.00248. The summed E-state index contributed by atoms with van der Waals surface area (Å²) in [5.74, 6) is 0.831. The number of H-pyrrole nitrogens is 1. The fourth-order valence-corrected chi connectivity index (χ4v) is 1.72. The monoisotopic (exact) mass is 277 g/mol. The average molecular weight is 277 g/mol. The van der Waals surface area contributed by atoms with E-state index in [1.807, 2.05) is 13.0 Å². The first kappa shape index (κ1) is 13.8. The molecule has 0 fully saturated rings. The molecule has 0 radical (unpaired) electrons. The first-order chi connectivity index (χ1) is 9.65. The van der Waals surface area contributed by atoms with Crippen LogP contribution in [0.2, 0.25) is 0 Å². The first-order valence-corrected chi connectivity index (χ1v) is 5.92. The van der Waals surface area contributed by atoms with Crippen LogP contribution in [0.25, 0.3) is 0 Å². The minimum atomic E-state index is -0.402. The number of carbonyl (C=O) groups excluding carboxylic acids is 1. The van der Waals surface area contributed by atoms with Crippen LogP contribution in [0.1, 0.15) is 29.1 Å². The Morgan fingerprint density at radius 3 is 2.65 bits per heavy atom. The number of methoxy groups -OCH3 is 2. The number of hydrogen-bond donors (Lipinski definition) is 2. The van der Waals surface area contributed by atoms with Gasteiger partial charge in [0.05, 0.1) is 20.3 Å². The molecule has 0 saturated carbocycles. The maximum absolute atomic E-state index is 11.8. The maximum Gasteiger partial charge on any atom is 0.293 e. The van der Waals surface area contributed by atoms with Crippen LogP contribution in [0.4, 0.5) is 0 Å². The summed E-state index contributed by atoms with van der Waals surface area (Å²) in [6.07, 6.45) is 0. The molecule has 1 unspecified atom stereocenters. The summed E-state index contributed by atoms with van der Waals surface area (Å²) in [6.45, 7) is 1.85. The van der Waals surface area contributed by atoms with Gasteiger partial charge >= 0.3 is 0 Å². The third-order valence-electron chi connectivity index (χ3n) is 2.80. The molecule has 1 aromatic heterocycles. The molecule has 2 rings (SSSR count). The van der Waals surface area contributed by atoms with Gasteiger partial charge in [-0.3, -0.25) is 4.79 Å². The second-order valence-electron chi connectivity index (χ2n) is 4.04. The Labute approximate surface area is 115 Å². The van der Waals surface area contributed by atoms with Crippen LogP contribution in [0.15, 0.2) is 18.2 Å². The van der Waals surface area contributed by atoms with Gasteiger partial charge in [0.25, 0.3) is 11.7 Å². The molecule has 0 spiro atoms. The summed E-state index contributed by atoms with van der Waals surface area (Å²) >= 11 is 0. The van der Waals surface area contributed by atoms with Crippen molar-refractivity contribution in [2.24, 2.45) is 0 Å². The van der Waals surface area contributed by atoms with Gasteiger partial charge in [-0.05, 0) is 29.8 Å². The molecule has 1 heterocycles. The summed E-state index contributed by atoms with van der Waals surface area (Å²) in [7, 11) is 3.13. The molecule has 8 nitrogen and oxygen atoms in total. The van der Waals surface area contributed by atoms with Crippen molar-refractivity contribution in [2.75, 3.05) is 14.2 Å². The molecule has 1 aromatic carbocycles. The summed E-state index contributed by atoms with van der Waals surface area (Å²) in [5, 5.41) is 15.6. The van der Waals surface area contributed by atoms with E-state index in [4.69, 9.17) is 9.47 Å². The van der Waals surface area contributed by atoms with Crippen molar-refractivity contribution < 1.29 is 14.3 Å².